The number of aromatic nitrogens is 13. The molecule has 1 atom stereocenters. The number of anilines is 4. The number of benzene rings is 1. The minimum Gasteiger partial charge on any atom is -0.379 e. The fraction of sp³-hybridized carbons (Fsp3) is 0.469. The summed E-state index contributed by atoms with van der Waals surface area (Å²) in [4.78, 5) is 168. The SMILES string of the molecule is Cc1cc(-c2nc3cnc(C4CCN(C(=O)COCCOCCOCCOCCOCCC(=O)NCCCN(C)CCCNC(=O)CCNC(=O)c5nc(NC(=O)CCNC(=O)c6cc(NC(=O)c7nc(NC(=O)CCNC(=O)c8cc(NC(=O)c9nccn9C)cn8C)cn7C)cn6C)cn5C)CC4)cc3n2[C@@H](C)c2ccccc2)nn(C)c1=O. The number of likely N-dealkylation sites (tertiary alicyclic amines) is 1. The summed E-state index contributed by atoms with van der Waals surface area (Å²) in [6, 6.07) is 16.9. The molecule has 648 valence electrons. The molecule has 0 bridgehead atoms. The lowest BCUT2D eigenvalue weighted by molar-refractivity contribution is -0.137. The van der Waals surface area contributed by atoms with Crippen molar-refractivity contribution >= 4 is 93.1 Å². The van der Waals surface area contributed by atoms with Crippen molar-refractivity contribution in [2.45, 2.75) is 77.2 Å². The van der Waals surface area contributed by atoms with Crippen LogP contribution in [0.25, 0.3) is 22.6 Å². The number of carbonyl (C=O) groups is 10. The molecule has 9 N–H and O–H groups in total. The van der Waals surface area contributed by atoms with Crippen LogP contribution in [0.15, 0.2) is 103 Å². The summed E-state index contributed by atoms with van der Waals surface area (Å²) >= 11 is 0. The Morgan fingerprint density at radius 2 is 1.02 bits per heavy atom. The fourth-order valence-electron chi connectivity index (χ4n) is 13.4. The molecule has 8 aromatic heterocycles. The van der Waals surface area contributed by atoms with E-state index >= 15 is 0 Å². The van der Waals surface area contributed by atoms with E-state index in [1.54, 1.807) is 72.2 Å². The Morgan fingerprint density at radius 1 is 0.521 bits per heavy atom. The molecule has 40 heteroatoms. The Bertz CT molecular complexity index is 5100. The molecule has 0 saturated carbocycles. The van der Waals surface area contributed by atoms with Gasteiger partial charge in [0.05, 0.1) is 88.6 Å². The minimum absolute atomic E-state index is 0.00410. The van der Waals surface area contributed by atoms with Gasteiger partial charge in [-0.2, -0.15) is 5.10 Å². The first-order chi connectivity index (χ1) is 58.3. The normalized spacial score (nSPS) is 12.5. The van der Waals surface area contributed by atoms with Gasteiger partial charge >= 0.3 is 0 Å². The van der Waals surface area contributed by atoms with Crippen LogP contribution in [0.2, 0.25) is 0 Å². The number of nitrogens with zero attached hydrogens (tertiary/aromatic N) is 15. The molecule has 0 spiro atoms. The van der Waals surface area contributed by atoms with Gasteiger partial charge in [-0.3, -0.25) is 57.7 Å². The third-order valence-corrected chi connectivity index (χ3v) is 19.9. The maximum absolute atomic E-state index is 13.3. The summed E-state index contributed by atoms with van der Waals surface area (Å²) in [5.74, 6) is -2.93. The zero-order valence-corrected chi connectivity index (χ0v) is 69.7. The van der Waals surface area contributed by atoms with E-state index in [0.717, 1.165) is 48.1 Å². The van der Waals surface area contributed by atoms with Crippen molar-refractivity contribution in [2.75, 3.05) is 153 Å². The zero-order chi connectivity index (χ0) is 86.5. The first-order valence-electron chi connectivity index (χ1n) is 40.1. The van der Waals surface area contributed by atoms with Gasteiger partial charge in [0.1, 0.15) is 29.2 Å². The van der Waals surface area contributed by atoms with E-state index in [4.69, 9.17) is 33.7 Å². The standard InChI is InChI=1S/C81H108N24O16/c1-53-43-60(96-103(9)81(53)116)72-91-61-47-88-59(46-62(61)105(72)54(2)55-15-11-10-12-16-55)56-20-31-104(32-21-56)71(110)52-121-42-41-120-40-39-119-38-37-118-36-35-117-34-22-68(107)83-24-14-30-97(3)29-13-23-82-67(106)17-25-87-78(113)74-94-65(50-101(74)7)92-69(108)18-26-86-77(112)64-45-58(49-100(64)6)90-80(115)75-95-66(51-102(75)8)93-70(109)19-27-85-76(111)63-44-57(48-99(63)5)89-79(114)73-84-28-33-98(73)4/h10-12,15-16,28,33,43-51,54,56H,13-14,17-27,29-32,34-42,52H2,1-9H3,(H,82,106)(H,83,107)(H,85,111)(H,86,112)(H,87,113)(H,89,114)(H,90,115)(H,92,108)(H,93,109)/t54-/m0/s1. The molecule has 0 aliphatic carbocycles. The van der Waals surface area contributed by atoms with Gasteiger partial charge in [-0.1, -0.05) is 30.3 Å². The second-order valence-corrected chi connectivity index (χ2v) is 29.2. The Morgan fingerprint density at radius 3 is 1.56 bits per heavy atom. The quantitative estimate of drug-likeness (QED) is 0.0248. The monoisotopic (exact) mass is 1670 g/mol. The predicted octanol–water partition coefficient (Wildman–Crippen LogP) is 2.95. The molecule has 10 rings (SSSR count). The van der Waals surface area contributed by atoms with Gasteiger partial charge < -0.3 is 109 Å². The highest BCUT2D eigenvalue weighted by atomic mass is 16.6. The van der Waals surface area contributed by atoms with E-state index in [1.807, 2.05) is 36.3 Å². The molecule has 9 aromatic rings. The van der Waals surface area contributed by atoms with E-state index in [0.29, 0.717) is 108 Å². The van der Waals surface area contributed by atoms with Crippen molar-refractivity contribution in [3.63, 3.8) is 0 Å². The van der Waals surface area contributed by atoms with Crippen molar-refractivity contribution in [3.8, 4) is 11.5 Å². The van der Waals surface area contributed by atoms with Gasteiger partial charge in [0.15, 0.2) is 23.3 Å². The summed E-state index contributed by atoms with van der Waals surface area (Å²) in [7, 11) is 11.7. The molecule has 10 amide bonds. The van der Waals surface area contributed by atoms with E-state index in [9.17, 15) is 52.7 Å². The molecule has 0 unspecified atom stereocenters. The Kier molecular flexibility index (Phi) is 33.7. The maximum Gasteiger partial charge on any atom is 0.291 e. The second-order valence-electron chi connectivity index (χ2n) is 29.2. The van der Waals surface area contributed by atoms with Crippen molar-refractivity contribution in [3.05, 3.63) is 154 Å². The zero-order valence-electron chi connectivity index (χ0n) is 69.7. The second kappa shape index (κ2) is 45.0. The van der Waals surface area contributed by atoms with E-state index < -0.39 is 41.4 Å². The highest BCUT2D eigenvalue weighted by molar-refractivity contribution is 6.05. The summed E-state index contributed by atoms with van der Waals surface area (Å²) in [5.41, 5.74) is 5.78. The number of nitrogens with one attached hydrogen (secondary N) is 9. The van der Waals surface area contributed by atoms with Crippen LogP contribution < -0.4 is 53.4 Å². The van der Waals surface area contributed by atoms with Gasteiger partial charge in [0.2, 0.25) is 41.2 Å². The third kappa shape index (κ3) is 26.7. The minimum atomic E-state index is -0.641. The van der Waals surface area contributed by atoms with Crippen molar-refractivity contribution in [1.29, 1.82) is 0 Å². The van der Waals surface area contributed by atoms with E-state index in [2.05, 4.69) is 102 Å². The number of piperidine rings is 1. The number of pyridine rings is 1. The van der Waals surface area contributed by atoms with Gasteiger partial charge in [0.25, 0.3) is 35.1 Å². The van der Waals surface area contributed by atoms with Crippen molar-refractivity contribution in [1.82, 2.24) is 98.5 Å². The van der Waals surface area contributed by atoms with Crippen LogP contribution >= 0.6 is 0 Å². The molecular weight excluding hydrogens is 1570 g/mol. The van der Waals surface area contributed by atoms with Crippen LogP contribution in [-0.4, -0.2) is 263 Å². The fourth-order valence-corrected chi connectivity index (χ4v) is 13.4. The van der Waals surface area contributed by atoms with Gasteiger partial charge in [-0.05, 0) is 89.5 Å². The number of carbonyl (C=O) groups excluding carboxylic acids is 10. The average Bonchev–Trinajstić information content (AvgIpc) is 1.61. The largest absolute Gasteiger partial charge is 0.379 e. The Balaban J connectivity index is 0.483. The molecule has 9 heterocycles. The van der Waals surface area contributed by atoms with Crippen molar-refractivity contribution in [2.24, 2.45) is 42.3 Å². The molecule has 121 heavy (non-hydrogen) atoms. The van der Waals surface area contributed by atoms with Gasteiger partial charge in [-0.25, -0.2) is 24.6 Å². The summed E-state index contributed by atoms with van der Waals surface area (Å²) in [6.07, 6.45) is 13.8. The van der Waals surface area contributed by atoms with Gasteiger partial charge in [0, 0.05) is 168 Å². The van der Waals surface area contributed by atoms with E-state index in [-0.39, 0.29) is 147 Å². The molecular formula is C81H108N24O16. The first-order valence-corrected chi connectivity index (χ1v) is 40.1. The molecule has 40 nitrogen and oxygen atoms in total. The molecule has 0 radical (unpaired) electrons. The Hall–Kier alpha value is -12.6. The van der Waals surface area contributed by atoms with E-state index in [1.165, 1.54) is 59.9 Å². The predicted molar refractivity (Wildman–Crippen MR) is 445 cm³/mol. The number of fused-ring (bicyclic) bond motifs is 1. The van der Waals surface area contributed by atoms with Gasteiger partial charge in [-0.15, -0.1) is 0 Å². The van der Waals surface area contributed by atoms with Crippen LogP contribution in [0.3, 0.4) is 0 Å². The smallest absolute Gasteiger partial charge is 0.291 e. The molecule has 1 saturated heterocycles. The highest BCUT2D eigenvalue weighted by Gasteiger charge is 2.29. The number of aryl methyl sites for hydroxylation is 7. The number of ether oxygens (including phenoxy) is 5. The highest BCUT2D eigenvalue weighted by Crippen LogP contribution is 2.34. The molecule has 1 aliphatic rings. The maximum atomic E-state index is 13.3. The topological polar surface area (TPSA) is 461 Å². The lowest BCUT2D eigenvalue weighted by Crippen LogP contribution is -2.40. The first kappa shape index (κ1) is 90.7. The number of imidazole rings is 4. The van der Waals surface area contributed by atoms with Crippen LogP contribution in [0.4, 0.5) is 23.0 Å². The van der Waals surface area contributed by atoms with Crippen LogP contribution in [0, 0.1) is 6.92 Å². The average molecular weight is 1670 g/mol. The number of hydrogen-bond donors (Lipinski definition) is 9. The molecule has 1 aromatic carbocycles. The Labute approximate surface area is 698 Å². The summed E-state index contributed by atoms with van der Waals surface area (Å²) < 4.78 is 38.9. The van der Waals surface area contributed by atoms with Crippen LogP contribution in [-0.2, 0) is 89.9 Å². The molecule has 1 aliphatic heterocycles. The summed E-state index contributed by atoms with van der Waals surface area (Å²) in [6.45, 7) is 10.4. The summed E-state index contributed by atoms with van der Waals surface area (Å²) in [5, 5.41) is 29.0. The third-order valence-electron chi connectivity index (χ3n) is 19.9. The number of rotatable bonds is 47. The lowest BCUT2D eigenvalue weighted by Gasteiger charge is -2.31. The van der Waals surface area contributed by atoms with Crippen LogP contribution in [0.1, 0.15) is 140 Å². The molecule has 1 fully saturated rings. The van der Waals surface area contributed by atoms with Crippen LogP contribution in [0.5, 0.6) is 0 Å². The number of hydrogen-bond acceptors (Lipinski definition) is 23. The van der Waals surface area contributed by atoms with Crippen molar-refractivity contribution < 1.29 is 71.6 Å². The lowest BCUT2D eigenvalue weighted by atomic mass is 9.93. The number of amides is 10.